The second-order valence-corrected chi connectivity index (χ2v) is 5.93. The number of methoxy groups -OCH3 is 1. The number of hydrogen-bond donors (Lipinski definition) is 1. The Morgan fingerprint density at radius 1 is 1.08 bits per heavy atom. The molecule has 2 amide bonds. The second-order valence-electron chi connectivity index (χ2n) is 5.93. The highest BCUT2D eigenvalue weighted by atomic mass is 16.5. The van der Waals surface area contributed by atoms with Gasteiger partial charge in [-0.1, -0.05) is 30.3 Å². The Hall–Kier alpha value is -3.15. The number of anilines is 1. The van der Waals surface area contributed by atoms with Crippen LogP contribution >= 0.6 is 0 Å². The molecule has 136 valence electrons. The lowest BCUT2D eigenvalue weighted by atomic mass is 10.1. The summed E-state index contributed by atoms with van der Waals surface area (Å²) in [5.41, 5.74) is 2.89. The van der Waals surface area contributed by atoms with E-state index in [0.717, 1.165) is 11.1 Å². The third-order valence-corrected chi connectivity index (χ3v) is 3.89. The summed E-state index contributed by atoms with van der Waals surface area (Å²) in [6.45, 7) is 3.47. The van der Waals surface area contributed by atoms with Crippen molar-refractivity contribution in [1.82, 2.24) is 4.90 Å². The molecule has 0 saturated heterocycles. The largest absolute Gasteiger partial charge is 0.468 e. The predicted molar refractivity (Wildman–Crippen MR) is 98.7 cm³/mol. The average molecular weight is 354 g/mol. The summed E-state index contributed by atoms with van der Waals surface area (Å²) in [6, 6.07) is 14.3. The van der Waals surface area contributed by atoms with Crippen LogP contribution in [-0.4, -0.2) is 36.3 Å². The number of hydrogen-bond acceptors (Lipinski definition) is 4. The number of aryl methyl sites for hydroxylation is 1. The van der Waals surface area contributed by atoms with Crippen molar-refractivity contribution in [3.63, 3.8) is 0 Å². The number of amides is 2. The van der Waals surface area contributed by atoms with Crippen LogP contribution in [0.1, 0.15) is 28.4 Å². The molecule has 2 rings (SSSR count). The van der Waals surface area contributed by atoms with Crippen molar-refractivity contribution in [3.05, 3.63) is 65.2 Å². The van der Waals surface area contributed by atoms with Gasteiger partial charge in [-0.2, -0.15) is 0 Å². The Morgan fingerprint density at radius 2 is 1.81 bits per heavy atom. The first kappa shape index (κ1) is 19.2. The minimum Gasteiger partial charge on any atom is -0.468 e. The Balaban J connectivity index is 2.29. The lowest BCUT2D eigenvalue weighted by molar-refractivity contribution is -0.141. The predicted octanol–water partition coefficient (Wildman–Crippen LogP) is 2.77. The van der Waals surface area contributed by atoms with Crippen molar-refractivity contribution < 1.29 is 19.1 Å². The molecule has 2 aromatic rings. The Bertz CT molecular complexity index is 817. The molecule has 0 aromatic heterocycles. The highest BCUT2D eigenvalue weighted by Crippen LogP contribution is 2.16. The normalized spacial score (nSPS) is 10.1. The maximum absolute atomic E-state index is 13.0. The van der Waals surface area contributed by atoms with E-state index in [1.807, 2.05) is 31.2 Å². The molecule has 0 aliphatic heterocycles. The fraction of sp³-hybridized carbons (Fsp3) is 0.250. The minimum absolute atomic E-state index is 0.159. The fourth-order valence-corrected chi connectivity index (χ4v) is 2.53. The number of nitrogens with zero attached hydrogens (tertiary/aromatic N) is 1. The van der Waals surface area contributed by atoms with Gasteiger partial charge in [0.2, 0.25) is 5.91 Å². The van der Waals surface area contributed by atoms with Crippen LogP contribution in [0.5, 0.6) is 0 Å². The standard InChI is InChI=1S/C20H22N2O4/c1-14-7-4-5-8-17(14)12-22(13-19(24)26-3)20(25)16-9-6-10-18(11-16)21-15(2)23/h4-11H,12-13H2,1-3H3,(H,21,23). The van der Waals surface area contributed by atoms with E-state index in [9.17, 15) is 14.4 Å². The number of carbonyl (C=O) groups is 3. The second kappa shape index (κ2) is 8.80. The number of rotatable bonds is 6. The van der Waals surface area contributed by atoms with Gasteiger partial charge in [-0.25, -0.2) is 0 Å². The van der Waals surface area contributed by atoms with Gasteiger partial charge in [0.15, 0.2) is 0 Å². The number of benzene rings is 2. The van der Waals surface area contributed by atoms with E-state index in [1.165, 1.54) is 18.9 Å². The fourth-order valence-electron chi connectivity index (χ4n) is 2.53. The topological polar surface area (TPSA) is 75.7 Å². The summed E-state index contributed by atoms with van der Waals surface area (Å²) < 4.78 is 4.72. The molecule has 0 spiro atoms. The zero-order valence-electron chi connectivity index (χ0n) is 15.1. The van der Waals surface area contributed by atoms with Gasteiger partial charge >= 0.3 is 5.97 Å². The summed E-state index contributed by atoms with van der Waals surface area (Å²) in [4.78, 5) is 37.4. The van der Waals surface area contributed by atoms with Gasteiger partial charge in [0.1, 0.15) is 6.54 Å². The maximum Gasteiger partial charge on any atom is 0.325 e. The lowest BCUT2D eigenvalue weighted by Crippen LogP contribution is -2.36. The minimum atomic E-state index is -0.495. The Morgan fingerprint density at radius 3 is 2.46 bits per heavy atom. The van der Waals surface area contributed by atoms with Crippen LogP contribution in [0.4, 0.5) is 5.69 Å². The molecular formula is C20H22N2O4. The zero-order chi connectivity index (χ0) is 19.1. The summed E-state index contributed by atoms with van der Waals surface area (Å²) in [7, 11) is 1.29. The van der Waals surface area contributed by atoms with E-state index < -0.39 is 5.97 Å². The van der Waals surface area contributed by atoms with E-state index in [-0.39, 0.29) is 24.9 Å². The highest BCUT2D eigenvalue weighted by Gasteiger charge is 2.20. The third kappa shape index (κ3) is 5.17. The lowest BCUT2D eigenvalue weighted by Gasteiger charge is -2.23. The van der Waals surface area contributed by atoms with Crippen molar-refractivity contribution in [2.24, 2.45) is 0 Å². The number of nitrogens with one attached hydrogen (secondary N) is 1. The van der Waals surface area contributed by atoms with Crippen molar-refractivity contribution in [2.45, 2.75) is 20.4 Å². The van der Waals surface area contributed by atoms with Gasteiger partial charge in [0, 0.05) is 24.7 Å². The maximum atomic E-state index is 13.0. The van der Waals surface area contributed by atoms with E-state index >= 15 is 0 Å². The molecule has 0 heterocycles. The first-order chi connectivity index (χ1) is 12.4. The summed E-state index contributed by atoms with van der Waals surface area (Å²) in [5.74, 6) is -1.03. The van der Waals surface area contributed by atoms with Gasteiger partial charge in [0.25, 0.3) is 5.91 Å². The van der Waals surface area contributed by atoms with Crippen molar-refractivity contribution >= 4 is 23.5 Å². The molecular weight excluding hydrogens is 332 g/mol. The molecule has 0 bridgehead atoms. The van der Waals surface area contributed by atoms with Crippen molar-refractivity contribution in [2.75, 3.05) is 19.0 Å². The molecule has 2 aromatic carbocycles. The molecule has 0 atom stereocenters. The van der Waals surface area contributed by atoms with Crippen LogP contribution in [0.25, 0.3) is 0 Å². The Kier molecular flexibility index (Phi) is 6.49. The van der Waals surface area contributed by atoms with E-state index in [0.29, 0.717) is 11.3 Å². The monoisotopic (exact) mass is 354 g/mol. The summed E-state index contributed by atoms with van der Waals surface area (Å²) >= 11 is 0. The van der Waals surface area contributed by atoms with Crippen LogP contribution in [0.3, 0.4) is 0 Å². The molecule has 0 aliphatic rings. The molecule has 6 nitrogen and oxygen atoms in total. The van der Waals surface area contributed by atoms with Crippen LogP contribution < -0.4 is 5.32 Å². The van der Waals surface area contributed by atoms with E-state index in [1.54, 1.807) is 24.3 Å². The quantitative estimate of drug-likeness (QED) is 0.810. The van der Waals surface area contributed by atoms with Gasteiger partial charge in [-0.05, 0) is 36.2 Å². The highest BCUT2D eigenvalue weighted by molar-refractivity contribution is 5.98. The summed E-state index contributed by atoms with van der Waals surface area (Å²) in [6.07, 6.45) is 0. The number of carbonyl (C=O) groups excluding carboxylic acids is 3. The van der Waals surface area contributed by atoms with Gasteiger partial charge in [0.05, 0.1) is 7.11 Å². The van der Waals surface area contributed by atoms with Crippen LogP contribution in [0.15, 0.2) is 48.5 Å². The average Bonchev–Trinajstić information content (AvgIpc) is 2.61. The van der Waals surface area contributed by atoms with Crippen LogP contribution in [0, 0.1) is 6.92 Å². The third-order valence-electron chi connectivity index (χ3n) is 3.89. The molecule has 0 fully saturated rings. The first-order valence-electron chi connectivity index (χ1n) is 8.19. The molecule has 1 N–H and O–H groups in total. The molecule has 6 heteroatoms. The number of ether oxygens (including phenoxy) is 1. The van der Waals surface area contributed by atoms with Gasteiger partial charge in [-0.15, -0.1) is 0 Å². The smallest absolute Gasteiger partial charge is 0.325 e. The zero-order valence-corrected chi connectivity index (χ0v) is 15.1. The van der Waals surface area contributed by atoms with Crippen LogP contribution in [-0.2, 0) is 20.9 Å². The Labute approximate surface area is 152 Å². The molecule has 0 radical (unpaired) electrons. The van der Waals surface area contributed by atoms with Crippen molar-refractivity contribution in [1.29, 1.82) is 0 Å². The van der Waals surface area contributed by atoms with E-state index in [4.69, 9.17) is 4.74 Å². The van der Waals surface area contributed by atoms with Crippen molar-refractivity contribution in [3.8, 4) is 0 Å². The first-order valence-corrected chi connectivity index (χ1v) is 8.19. The molecule has 0 unspecified atom stereocenters. The number of esters is 1. The molecule has 0 aliphatic carbocycles. The van der Waals surface area contributed by atoms with Gasteiger partial charge < -0.3 is 15.0 Å². The molecule has 0 saturated carbocycles. The SMILES string of the molecule is COC(=O)CN(Cc1ccccc1C)C(=O)c1cccc(NC(C)=O)c1. The molecule has 26 heavy (non-hydrogen) atoms. The van der Waals surface area contributed by atoms with E-state index in [2.05, 4.69) is 5.32 Å². The summed E-state index contributed by atoms with van der Waals surface area (Å²) in [5, 5.41) is 2.65. The van der Waals surface area contributed by atoms with Gasteiger partial charge in [-0.3, -0.25) is 14.4 Å². The van der Waals surface area contributed by atoms with Crippen LogP contribution in [0.2, 0.25) is 0 Å².